The van der Waals surface area contributed by atoms with E-state index in [1.54, 1.807) is 0 Å². The van der Waals surface area contributed by atoms with Crippen molar-refractivity contribution in [3.63, 3.8) is 0 Å². The van der Waals surface area contributed by atoms with Crippen LogP contribution in [0.3, 0.4) is 0 Å². The molecule has 104 valence electrons. The summed E-state index contributed by atoms with van der Waals surface area (Å²) in [6, 6.07) is 10.4. The van der Waals surface area contributed by atoms with Crippen LogP contribution in [-0.2, 0) is 6.54 Å². The van der Waals surface area contributed by atoms with Gasteiger partial charge in [0.15, 0.2) is 0 Å². The van der Waals surface area contributed by atoms with Gasteiger partial charge in [0.2, 0.25) is 0 Å². The minimum atomic E-state index is 0.280. The molecule has 2 aromatic rings. The molecule has 0 amide bonds. The summed E-state index contributed by atoms with van der Waals surface area (Å²) in [5, 5.41) is 16.7. The molecular formula is C16H20N4. The molecule has 0 saturated carbocycles. The predicted molar refractivity (Wildman–Crippen MR) is 79.1 cm³/mol. The molecule has 0 aliphatic heterocycles. The summed E-state index contributed by atoms with van der Waals surface area (Å²) in [6.45, 7) is 7.09. The van der Waals surface area contributed by atoms with Crippen LogP contribution in [0.5, 0.6) is 0 Å². The fourth-order valence-corrected chi connectivity index (χ4v) is 2.09. The number of nitrogens with zero attached hydrogens (tertiary/aromatic N) is 3. The molecule has 2 atom stereocenters. The lowest BCUT2D eigenvalue weighted by molar-refractivity contribution is 0.365. The number of hydrogen-bond donors (Lipinski definition) is 1. The maximum Gasteiger partial charge on any atom is 0.0991 e. The first-order chi connectivity index (χ1) is 9.60. The van der Waals surface area contributed by atoms with E-state index in [0.717, 1.165) is 12.1 Å². The molecule has 20 heavy (non-hydrogen) atoms. The molecule has 0 bridgehead atoms. The molecule has 1 aromatic heterocycles. The van der Waals surface area contributed by atoms with Crippen molar-refractivity contribution in [3.05, 3.63) is 53.3 Å². The van der Waals surface area contributed by atoms with Gasteiger partial charge in [-0.15, -0.1) is 0 Å². The van der Waals surface area contributed by atoms with E-state index in [0.29, 0.717) is 11.6 Å². The molecule has 0 aliphatic carbocycles. The van der Waals surface area contributed by atoms with Gasteiger partial charge in [-0.25, -0.2) is 0 Å². The fourth-order valence-electron chi connectivity index (χ4n) is 2.09. The third-order valence-corrected chi connectivity index (χ3v) is 3.56. The topological polar surface area (TPSA) is 53.6 Å². The minimum absolute atomic E-state index is 0.280. The lowest BCUT2D eigenvalue weighted by Gasteiger charge is -2.22. The van der Waals surface area contributed by atoms with Gasteiger partial charge in [-0.3, -0.25) is 4.68 Å². The van der Waals surface area contributed by atoms with E-state index in [9.17, 15) is 0 Å². The Hall–Kier alpha value is -2.12. The molecule has 0 aliphatic rings. The zero-order valence-corrected chi connectivity index (χ0v) is 12.2. The first-order valence-electron chi connectivity index (χ1n) is 6.83. The van der Waals surface area contributed by atoms with Crippen LogP contribution < -0.4 is 5.32 Å². The average Bonchev–Trinajstić information content (AvgIpc) is 2.90. The number of nitrogens with one attached hydrogen (secondary N) is 1. The normalized spacial score (nSPS) is 13.7. The highest BCUT2D eigenvalue weighted by atomic mass is 15.3. The highest BCUT2D eigenvalue weighted by Crippen LogP contribution is 2.12. The predicted octanol–water partition coefficient (Wildman–Crippen LogP) is 2.80. The number of nitriles is 1. The average molecular weight is 268 g/mol. The van der Waals surface area contributed by atoms with Crippen molar-refractivity contribution in [2.45, 2.75) is 39.4 Å². The van der Waals surface area contributed by atoms with Gasteiger partial charge in [-0.2, -0.15) is 10.4 Å². The van der Waals surface area contributed by atoms with Crippen molar-refractivity contribution >= 4 is 0 Å². The standard InChI is InChI=1S/C16H20N4/c1-12-9-19-20(11-12)14(3)13(2)18-10-16-6-4-5-15(7-16)8-17/h4-7,9,11,13-14,18H,10H2,1-3H3/t13-,14-/m1/s1. The van der Waals surface area contributed by atoms with Crippen molar-refractivity contribution in [1.29, 1.82) is 5.26 Å². The van der Waals surface area contributed by atoms with Crippen LogP contribution in [0.25, 0.3) is 0 Å². The molecule has 0 unspecified atom stereocenters. The summed E-state index contributed by atoms with van der Waals surface area (Å²) in [7, 11) is 0. The van der Waals surface area contributed by atoms with Gasteiger partial charge in [0.05, 0.1) is 23.9 Å². The zero-order valence-electron chi connectivity index (χ0n) is 12.2. The van der Waals surface area contributed by atoms with E-state index < -0.39 is 0 Å². The zero-order chi connectivity index (χ0) is 14.5. The summed E-state index contributed by atoms with van der Waals surface area (Å²) in [5.74, 6) is 0. The molecule has 4 nitrogen and oxygen atoms in total. The summed E-state index contributed by atoms with van der Waals surface area (Å²) in [6.07, 6.45) is 3.93. The van der Waals surface area contributed by atoms with Crippen LogP contribution in [0.1, 0.15) is 36.6 Å². The third kappa shape index (κ3) is 3.46. The number of benzene rings is 1. The molecule has 1 heterocycles. The number of aryl methyl sites for hydroxylation is 1. The lowest BCUT2D eigenvalue weighted by Crippen LogP contribution is -2.33. The molecule has 0 fully saturated rings. The maximum absolute atomic E-state index is 8.90. The first-order valence-corrected chi connectivity index (χ1v) is 6.83. The van der Waals surface area contributed by atoms with E-state index in [1.807, 2.05) is 42.1 Å². The molecule has 1 N–H and O–H groups in total. The van der Waals surface area contributed by atoms with E-state index in [4.69, 9.17) is 5.26 Å². The second kappa shape index (κ2) is 6.36. The van der Waals surface area contributed by atoms with Gasteiger partial charge in [0.25, 0.3) is 0 Å². The number of hydrogen-bond acceptors (Lipinski definition) is 3. The van der Waals surface area contributed by atoms with Gasteiger partial charge in [0, 0.05) is 18.8 Å². The Labute approximate surface area is 120 Å². The first kappa shape index (κ1) is 14.3. The van der Waals surface area contributed by atoms with Gasteiger partial charge < -0.3 is 5.32 Å². The van der Waals surface area contributed by atoms with Crippen LogP contribution in [0.2, 0.25) is 0 Å². The van der Waals surface area contributed by atoms with Crippen LogP contribution in [0.4, 0.5) is 0 Å². The molecule has 2 rings (SSSR count). The lowest BCUT2D eigenvalue weighted by atomic mass is 10.1. The quantitative estimate of drug-likeness (QED) is 0.907. The monoisotopic (exact) mass is 268 g/mol. The Morgan fingerprint density at radius 2 is 2.20 bits per heavy atom. The fraction of sp³-hybridized carbons (Fsp3) is 0.375. The SMILES string of the molecule is Cc1cnn([C@H](C)[C@@H](C)NCc2cccc(C#N)c2)c1. The second-order valence-electron chi connectivity index (χ2n) is 5.22. The van der Waals surface area contributed by atoms with Crippen molar-refractivity contribution in [1.82, 2.24) is 15.1 Å². The van der Waals surface area contributed by atoms with E-state index in [1.165, 1.54) is 5.56 Å². The van der Waals surface area contributed by atoms with E-state index >= 15 is 0 Å². The van der Waals surface area contributed by atoms with Gasteiger partial charge >= 0.3 is 0 Å². The van der Waals surface area contributed by atoms with Crippen LogP contribution in [0, 0.1) is 18.3 Å². The van der Waals surface area contributed by atoms with Gasteiger partial charge in [-0.05, 0) is 44.0 Å². The van der Waals surface area contributed by atoms with Crippen LogP contribution >= 0.6 is 0 Å². The van der Waals surface area contributed by atoms with E-state index in [-0.39, 0.29) is 6.04 Å². The van der Waals surface area contributed by atoms with Crippen molar-refractivity contribution < 1.29 is 0 Å². The van der Waals surface area contributed by atoms with E-state index in [2.05, 4.69) is 36.5 Å². The summed E-state index contributed by atoms with van der Waals surface area (Å²) in [4.78, 5) is 0. The Morgan fingerprint density at radius 1 is 1.40 bits per heavy atom. The second-order valence-corrected chi connectivity index (χ2v) is 5.22. The van der Waals surface area contributed by atoms with Crippen molar-refractivity contribution in [2.24, 2.45) is 0 Å². The number of rotatable bonds is 5. The molecule has 0 spiro atoms. The molecule has 0 saturated heterocycles. The highest BCUT2D eigenvalue weighted by molar-refractivity contribution is 5.32. The Balaban J connectivity index is 1.94. The van der Waals surface area contributed by atoms with Crippen LogP contribution in [0.15, 0.2) is 36.7 Å². The molecule has 4 heteroatoms. The summed E-state index contributed by atoms with van der Waals surface area (Å²) in [5.41, 5.74) is 3.00. The summed E-state index contributed by atoms with van der Waals surface area (Å²) < 4.78 is 1.98. The van der Waals surface area contributed by atoms with Crippen molar-refractivity contribution in [2.75, 3.05) is 0 Å². The Morgan fingerprint density at radius 3 is 2.85 bits per heavy atom. The third-order valence-electron chi connectivity index (χ3n) is 3.56. The highest BCUT2D eigenvalue weighted by Gasteiger charge is 2.14. The summed E-state index contributed by atoms with van der Waals surface area (Å²) >= 11 is 0. The largest absolute Gasteiger partial charge is 0.308 e. The van der Waals surface area contributed by atoms with Gasteiger partial charge in [0.1, 0.15) is 0 Å². The minimum Gasteiger partial charge on any atom is -0.308 e. The maximum atomic E-state index is 8.90. The number of aromatic nitrogens is 2. The van der Waals surface area contributed by atoms with Crippen LogP contribution in [-0.4, -0.2) is 15.8 Å². The molecule has 1 aromatic carbocycles. The van der Waals surface area contributed by atoms with Gasteiger partial charge in [-0.1, -0.05) is 12.1 Å². The smallest absolute Gasteiger partial charge is 0.0991 e. The Bertz CT molecular complexity index is 609. The Kier molecular flexibility index (Phi) is 4.54. The molecule has 0 radical (unpaired) electrons. The van der Waals surface area contributed by atoms with Crippen molar-refractivity contribution in [3.8, 4) is 6.07 Å². The molecular weight excluding hydrogens is 248 g/mol.